The standard InChI is InChI=1S/C20H23N3O4/c1-5-7-22-12-16-17(19(22)24)18(21-20(25)23(16)8-6-2)13-9-14(26-3)11-15(10-13)27-4/h5-6,9-11,18H,1-2,7-8,12H2,3-4H3,(H,21,25)/t18-/m1/s1. The first-order valence-electron chi connectivity index (χ1n) is 8.59. The number of carbonyl (C=O) groups excluding carboxylic acids is 2. The van der Waals surface area contributed by atoms with Crippen LogP contribution in [-0.4, -0.2) is 55.6 Å². The summed E-state index contributed by atoms with van der Waals surface area (Å²) in [4.78, 5) is 29.0. The van der Waals surface area contributed by atoms with Crippen molar-refractivity contribution < 1.29 is 19.1 Å². The Kier molecular flexibility index (Phi) is 5.21. The van der Waals surface area contributed by atoms with Gasteiger partial charge in [0.1, 0.15) is 11.5 Å². The van der Waals surface area contributed by atoms with Crippen LogP contribution in [0.4, 0.5) is 4.79 Å². The molecule has 2 aliphatic rings. The maximum absolute atomic E-state index is 13.0. The molecule has 0 spiro atoms. The van der Waals surface area contributed by atoms with Gasteiger partial charge in [-0.15, -0.1) is 13.2 Å². The molecular weight excluding hydrogens is 346 g/mol. The summed E-state index contributed by atoms with van der Waals surface area (Å²) in [6.45, 7) is 8.52. The highest BCUT2D eigenvalue weighted by atomic mass is 16.5. The van der Waals surface area contributed by atoms with Crippen LogP contribution < -0.4 is 14.8 Å². The van der Waals surface area contributed by atoms with Crippen molar-refractivity contribution in [3.8, 4) is 11.5 Å². The summed E-state index contributed by atoms with van der Waals surface area (Å²) in [5.74, 6) is 1.05. The summed E-state index contributed by atoms with van der Waals surface area (Å²) >= 11 is 0. The van der Waals surface area contributed by atoms with Gasteiger partial charge < -0.3 is 19.7 Å². The Labute approximate surface area is 158 Å². The molecule has 7 heteroatoms. The molecule has 1 N–H and O–H groups in total. The monoisotopic (exact) mass is 369 g/mol. The topological polar surface area (TPSA) is 71.1 Å². The lowest BCUT2D eigenvalue weighted by molar-refractivity contribution is -0.125. The maximum Gasteiger partial charge on any atom is 0.322 e. The van der Waals surface area contributed by atoms with Crippen LogP contribution in [-0.2, 0) is 4.79 Å². The van der Waals surface area contributed by atoms with Crippen molar-refractivity contribution in [2.75, 3.05) is 33.9 Å². The number of amides is 3. The number of ether oxygens (including phenoxy) is 2. The molecule has 2 aliphatic heterocycles. The minimum absolute atomic E-state index is 0.120. The van der Waals surface area contributed by atoms with Gasteiger partial charge in [0.2, 0.25) is 0 Å². The molecule has 2 heterocycles. The van der Waals surface area contributed by atoms with Crippen LogP contribution in [0.1, 0.15) is 11.6 Å². The number of rotatable bonds is 7. The summed E-state index contributed by atoms with van der Waals surface area (Å²) < 4.78 is 10.7. The highest BCUT2D eigenvalue weighted by Crippen LogP contribution is 2.38. The van der Waals surface area contributed by atoms with Gasteiger partial charge in [0.05, 0.1) is 38.1 Å². The first-order chi connectivity index (χ1) is 13.0. The highest BCUT2D eigenvalue weighted by molar-refractivity contribution is 6.01. The second-order valence-corrected chi connectivity index (χ2v) is 6.26. The third kappa shape index (κ3) is 3.28. The van der Waals surface area contributed by atoms with Crippen LogP contribution in [0.25, 0.3) is 0 Å². The van der Waals surface area contributed by atoms with E-state index < -0.39 is 6.04 Å². The van der Waals surface area contributed by atoms with Gasteiger partial charge in [-0.05, 0) is 17.7 Å². The zero-order valence-corrected chi connectivity index (χ0v) is 15.5. The van der Waals surface area contributed by atoms with Crippen LogP contribution in [0.15, 0.2) is 54.8 Å². The van der Waals surface area contributed by atoms with Gasteiger partial charge in [0, 0.05) is 19.2 Å². The van der Waals surface area contributed by atoms with Gasteiger partial charge in [-0.1, -0.05) is 12.2 Å². The average Bonchev–Trinajstić information content (AvgIpc) is 3.00. The van der Waals surface area contributed by atoms with Crippen LogP contribution in [0.3, 0.4) is 0 Å². The average molecular weight is 369 g/mol. The van der Waals surface area contributed by atoms with Gasteiger partial charge in [-0.2, -0.15) is 0 Å². The molecule has 7 nitrogen and oxygen atoms in total. The van der Waals surface area contributed by atoms with Crippen molar-refractivity contribution in [2.24, 2.45) is 0 Å². The number of carbonyl (C=O) groups is 2. The smallest absolute Gasteiger partial charge is 0.322 e. The van der Waals surface area contributed by atoms with Crippen molar-refractivity contribution in [1.29, 1.82) is 0 Å². The van der Waals surface area contributed by atoms with E-state index in [1.54, 1.807) is 54.4 Å². The fraction of sp³-hybridized carbons (Fsp3) is 0.300. The molecule has 0 radical (unpaired) electrons. The summed E-state index contributed by atoms with van der Waals surface area (Å²) in [5, 5.41) is 2.93. The van der Waals surface area contributed by atoms with E-state index in [1.165, 1.54) is 0 Å². The molecule has 3 rings (SSSR count). The van der Waals surface area contributed by atoms with E-state index in [4.69, 9.17) is 9.47 Å². The predicted molar refractivity (Wildman–Crippen MR) is 102 cm³/mol. The molecule has 3 amide bonds. The lowest BCUT2D eigenvalue weighted by Gasteiger charge is -2.33. The van der Waals surface area contributed by atoms with Crippen molar-refractivity contribution in [1.82, 2.24) is 15.1 Å². The Morgan fingerprint density at radius 3 is 2.30 bits per heavy atom. The van der Waals surface area contributed by atoms with E-state index in [0.717, 1.165) is 5.56 Å². The number of urea groups is 1. The Morgan fingerprint density at radius 2 is 1.74 bits per heavy atom. The molecule has 0 bridgehead atoms. The fourth-order valence-electron chi connectivity index (χ4n) is 3.42. The molecular formula is C20H23N3O4. The molecule has 0 saturated heterocycles. The SMILES string of the molecule is C=CCN1CC2=C(C1=O)[C@@H](c1cc(OC)cc(OC)c1)NC(=O)N2CC=C. The normalized spacial score (nSPS) is 19.0. The van der Waals surface area contributed by atoms with E-state index in [2.05, 4.69) is 18.5 Å². The lowest BCUT2D eigenvalue weighted by atomic mass is 9.95. The van der Waals surface area contributed by atoms with Crippen molar-refractivity contribution in [3.05, 3.63) is 60.3 Å². The van der Waals surface area contributed by atoms with Crippen LogP contribution in [0, 0.1) is 0 Å². The quantitative estimate of drug-likeness (QED) is 0.749. The van der Waals surface area contributed by atoms with Crippen molar-refractivity contribution >= 4 is 11.9 Å². The predicted octanol–water partition coefficient (Wildman–Crippen LogP) is 2.24. The molecule has 1 aromatic rings. The Bertz CT molecular complexity index is 808. The number of nitrogens with zero attached hydrogens (tertiary/aromatic N) is 2. The van der Waals surface area contributed by atoms with Crippen molar-refractivity contribution in [3.63, 3.8) is 0 Å². The summed E-state index contributed by atoms with van der Waals surface area (Å²) in [5.41, 5.74) is 1.96. The number of hydrogen-bond donors (Lipinski definition) is 1. The second-order valence-electron chi connectivity index (χ2n) is 6.26. The first kappa shape index (κ1) is 18.6. The van der Waals surface area contributed by atoms with Crippen LogP contribution in [0.2, 0.25) is 0 Å². The summed E-state index contributed by atoms with van der Waals surface area (Å²) in [7, 11) is 3.11. The van der Waals surface area contributed by atoms with Gasteiger partial charge >= 0.3 is 6.03 Å². The molecule has 1 aromatic carbocycles. The van der Waals surface area contributed by atoms with E-state index in [9.17, 15) is 9.59 Å². The molecule has 27 heavy (non-hydrogen) atoms. The molecule has 0 aromatic heterocycles. The zero-order valence-electron chi connectivity index (χ0n) is 15.5. The number of benzene rings is 1. The van der Waals surface area contributed by atoms with Crippen molar-refractivity contribution in [2.45, 2.75) is 6.04 Å². The molecule has 0 aliphatic carbocycles. The van der Waals surface area contributed by atoms with Crippen LogP contribution in [0.5, 0.6) is 11.5 Å². The number of nitrogens with one attached hydrogen (secondary N) is 1. The Balaban J connectivity index is 2.10. The summed E-state index contributed by atoms with van der Waals surface area (Å²) in [6.07, 6.45) is 3.31. The fourth-order valence-corrected chi connectivity index (χ4v) is 3.42. The van der Waals surface area contributed by atoms with Gasteiger partial charge in [-0.3, -0.25) is 9.69 Å². The second kappa shape index (κ2) is 7.57. The Hall–Kier alpha value is -3.22. The van der Waals surface area contributed by atoms with E-state index in [-0.39, 0.29) is 11.9 Å². The Morgan fingerprint density at radius 1 is 1.11 bits per heavy atom. The number of methoxy groups -OCH3 is 2. The van der Waals surface area contributed by atoms with E-state index in [1.807, 2.05) is 0 Å². The summed E-state index contributed by atoms with van der Waals surface area (Å²) in [6, 6.07) is 4.48. The minimum Gasteiger partial charge on any atom is -0.497 e. The van der Waals surface area contributed by atoms with Crippen LogP contribution >= 0.6 is 0 Å². The molecule has 0 unspecified atom stereocenters. The molecule has 0 fully saturated rings. The van der Waals surface area contributed by atoms with E-state index >= 15 is 0 Å². The van der Waals surface area contributed by atoms with Gasteiger partial charge in [-0.25, -0.2) is 4.79 Å². The maximum atomic E-state index is 13.0. The first-order valence-corrected chi connectivity index (χ1v) is 8.59. The molecule has 0 saturated carbocycles. The largest absolute Gasteiger partial charge is 0.497 e. The lowest BCUT2D eigenvalue weighted by Crippen LogP contribution is -2.47. The zero-order chi connectivity index (χ0) is 19.6. The minimum atomic E-state index is -0.583. The number of hydrogen-bond acceptors (Lipinski definition) is 4. The van der Waals surface area contributed by atoms with Gasteiger partial charge in [0.15, 0.2) is 0 Å². The molecule has 142 valence electrons. The van der Waals surface area contributed by atoms with E-state index in [0.29, 0.717) is 42.4 Å². The third-order valence-electron chi connectivity index (χ3n) is 4.66. The van der Waals surface area contributed by atoms with Gasteiger partial charge in [0.25, 0.3) is 5.91 Å². The highest BCUT2D eigenvalue weighted by Gasteiger charge is 2.43. The molecule has 1 atom stereocenters. The third-order valence-corrected chi connectivity index (χ3v) is 4.66.